The summed E-state index contributed by atoms with van der Waals surface area (Å²) in [5.41, 5.74) is 1.75. The first-order valence-electron chi connectivity index (χ1n) is 8.79. The summed E-state index contributed by atoms with van der Waals surface area (Å²) in [6.07, 6.45) is 16.5. The fraction of sp³-hybridized carbons (Fsp3) is 0.409. The lowest BCUT2D eigenvalue weighted by atomic mass is 9.98. The van der Waals surface area contributed by atoms with E-state index in [4.69, 9.17) is 0 Å². The summed E-state index contributed by atoms with van der Waals surface area (Å²) < 4.78 is 0. The zero-order valence-electron chi connectivity index (χ0n) is 14.1. The Balaban J connectivity index is 1.75. The zero-order chi connectivity index (χ0) is 16.3. The van der Waals surface area contributed by atoms with Crippen LogP contribution in [0.5, 0.6) is 0 Å². The van der Waals surface area contributed by atoms with Crippen molar-refractivity contribution in [2.24, 2.45) is 5.92 Å². The zero-order valence-corrected chi connectivity index (χ0v) is 14.1. The minimum Gasteiger partial charge on any atom is -0.293 e. The predicted octanol–water partition coefficient (Wildman–Crippen LogP) is 5.71. The molecular formula is C22H26O. The summed E-state index contributed by atoms with van der Waals surface area (Å²) in [7, 11) is 0. The van der Waals surface area contributed by atoms with Gasteiger partial charge in [0.1, 0.15) is 0 Å². The highest BCUT2D eigenvalue weighted by atomic mass is 16.1. The molecule has 0 atom stereocenters. The first-order valence-corrected chi connectivity index (χ1v) is 8.79. The van der Waals surface area contributed by atoms with Gasteiger partial charge in [0, 0.05) is 17.5 Å². The van der Waals surface area contributed by atoms with Crippen molar-refractivity contribution in [3.63, 3.8) is 0 Å². The van der Waals surface area contributed by atoms with E-state index in [0.717, 1.165) is 17.5 Å². The molecule has 120 valence electrons. The van der Waals surface area contributed by atoms with Gasteiger partial charge in [-0.15, -0.1) is 0 Å². The smallest absolute Gasteiger partial charge is 0.173 e. The van der Waals surface area contributed by atoms with Gasteiger partial charge < -0.3 is 0 Å². The van der Waals surface area contributed by atoms with E-state index in [9.17, 15) is 4.79 Å². The molecular weight excluding hydrogens is 280 g/mol. The van der Waals surface area contributed by atoms with Crippen LogP contribution in [0.3, 0.4) is 0 Å². The van der Waals surface area contributed by atoms with E-state index in [1.807, 2.05) is 48.6 Å². The van der Waals surface area contributed by atoms with Gasteiger partial charge in [-0.05, 0) is 18.6 Å². The summed E-state index contributed by atoms with van der Waals surface area (Å²) in [5, 5.41) is 0. The van der Waals surface area contributed by atoms with Crippen molar-refractivity contribution in [1.82, 2.24) is 0 Å². The van der Waals surface area contributed by atoms with Crippen molar-refractivity contribution >= 4 is 5.78 Å². The van der Waals surface area contributed by atoms with Crippen LogP contribution in [0.2, 0.25) is 0 Å². The molecule has 1 aliphatic rings. The molecule has 0 aromatic heterocycles. The largest absolute Gasteiger partial charge is 0.293 e. The Bertz CT molecular complexity index is 596. The minimum atomic E-state index is -0.0976. The summed E-state index contributed by atoms with van der Waals surface area (Å²) in [6, 6.07) is 7.67. The second-order valence-electron chi connectivity index (χ2n) is 6.06. The van der Waals surface area contributed by atoms with E-state index in [1.54, 1.807) is 0 Å². The number of ketones is 1. The Morgan fingerprint density at radius 2 is 1.61 bits per heavy atom. The molecule has 23 heavy (non-hydrogen) atoms. The Morgan fingerprint density at radius 1 is 0.957 bits per heavy atom. The minimum absolute atomic E-state index is 0.0976. The number of benzene rings is 1. The number of carbonyl (C=O) groups excluding carboxylic acids is 1. The van der Waals surface area contributed by atoms with E-state index in [2.05, 4.69) is 18.8 Å². The Hall–Kier alpha value is -2.07. The number of rotatable bonds is 8. The number of hydrogen-bond donors (Lipinski definition) is 0. The molecule has 2 rings (SSSR count). The predicted molar refractivity (Wildman–Crippen MR) is 97.4 cm³/mol. The van der Waals surface area contributed by atoms with Crippen molar-refractivity contribution in [2.75, 3.05) is 0 Å². The number of carbonyl (C=O) groups is 1. The van der Waals surface area contributed by atoms with Crippen molar-refractivity contribution in [2.45, 2.75) is 51.9 Å². The number of allylic oxidation sites excluding steroid dienone is 4. The van der Waals surface area contributed by atoms with Gasteiger partial charge in [-0.1, -0.05) is 87.3 Å². The van der Waals surface area contributed by atoms with Crippen LogP contribution in [0, 0.1) is 17.8 Å². The van der Waals surface area contributed by atoms with Gasteiger partial charge in [0.15, 0.2) is 5.78 Å². The van der Waals surface area contributed by atoms with Gasteiger partial charge in [0.2, 0.25) is 0 Å². The van der Waals surface area contributed by atoms with Gasteiger partial charge >= 0.3 is 0 Å². The van der Waals surface area contributed by atoms with Crippen molar-refractivity contribution in [3.8, 4) is 11.8 Å². The van der Waals surface area contributed by atoms with E-state index in [0.29, 0.717) is 0 Å². The molecule has 0 radical (unpaired) electrons. The Labute approximate surface area is 140 Å². The maximum atomic E-state index is 12.2. The van der Waals surface area contributed by atoms with E-state index in [-0.39, 0.29) is 11.7 Å². The average Bonchev–Trinajstić information content (AvgIpc) is 3.12. The van der Waals surface area contributed by atoms with Crippen molar-refractivity contribution < 1.29 is 4.79 Å². The first kappa shape index (κ1) is 17.3. The molecule has 1 nitrogen and oxygen atoms in total. The van der Waals surface area contributed by atoms with Gasteiger partial charge in [-0.2, -0.15) is 0 Å². The molecule has 0 amide bonds. The number of hydrogen-bond acceptors (Lipinski definition) is 1. The van der Waals surface area contributed by atoms with Crippen LogP contribution in [-0.4, -0.2) is 5.78 Å². The maximum absolute atomic E-state index is 12.2. The Morgan fingerprint density at radius 3 is 2.30 bits per heavy atom. The van der Waals surface area contributed by atoms with Crippen LogP contribution in [0.25, 0.3) is 0 Å². The molecule has 1 aromatic carbocycles. The molecule has 1 heteroatoms. The highest BCUT2D eigenvalue weighted by molar-refractivity contribution is 6.00. The van der Waals surface area contributed by atoms with Crippen LogP contribution in [0.4, 0.5) is 0 Å². The number of unbranched alkanes of at least 4 members (excludes halogenated alkanes) is 6. The van der Waals surface area contributed by atoms with Gasteiger partial charge in [0.25, 0.3) is 0 Å². The monoisotopic (exact) mass is 306 g/mol. The quantitative estimate of drug-likeness (QED) is 0.341. The van der Waals surface area contributed by atoms with E-state index >= 15 is 0 Å². The van der Waals surface area contributed by atoms with Crippen molar-refractivity contribution in [1.29, 1.82) is 0 Å². The topological polar surface area (TPSA) is 17.1 Å². The molecule has 0 unspecified atom stereocenters. The lowest BCUT2D eigenvalue weighted by Gasteiger charge is -2.04. The maximum Gasteiger partial charge on any atom is 0.173 e. The third-order valence-electron chi connectivity index (χ3n) is 4.11. The average molecular weight is 306 g/mol. The van der Waals surface area contributed by atoms with Crippen LogP contribution in [0.15, 0.2) is 48.6 Å². The third kappa shape index (κ3) is 5.91. The van der Waals surface area contributed by atoms with Gasteiger partial charge in [-0.3, -0.25) is 4.79 Å². The standard InChI is InChI=1S/C22H26O/c1-2-3-4-5-6-7-8-9-12-19-15-17-21(18-16-19)22(23)20-13-10-11-14-20/h10-11,13-18,20H,2-8H2,1H3. The first-order chi connectivity index (χ1) is 11.3. The molecule has 0 bridgehead atoms. The normalized spacial score (nSPS) is 13.1. The fourth-order valence-electron chi connectivity index (χ4n) is 2.68. The van der Waals surface area contributed by atoms with Crippen LogP contribution in [0.1, 0.15) is 67.8 Å². The van der Waals surface area contributed by atoms with Crippen LogP contribution >= 0.6 is 0 Å². The van der Waals surface area contributed by atoms with Crippen molar-refractivity contribution in [3.05, 3.63) is 59.7 Å². The second kappa shape index (κ2) is 9.85. The van der Waals surface area contributed by atoms with Gasteiger partial charge in [-0.25, -0.2) is 0 Å². The lowest BCUT2D eigenvalue weighted by molar-refractivity contribution is 0.0966. The molecule has 0 N–H and O–H groups in total. The molecule has 0 heterocycles. The highest BCUT2D eigenvalue weighted by Gasteiger charge is 2.15. The second-order valence-corrected chi connectivity index (χ2v) is 6.06. The lowest BCUT2D eigenvalue weighted by Crippen LogP contribution is -2.08. The summed E-state index contributed by atoms with van der Waals surface area (Å²) in [6.45, 7) is 2.24. The van der Waals surface area contributed by atoms with Crippen LogP contribution < -0.4 is 0 Å². The molecule has 0 fully saturated rings. The highest BCUT2D eigenvalue weighted by Crippen LogP contribution is 2.16. The summed E-state index contributed by atoms with van der Waals surface area (Å²) >= 11 is 0. The molecule has 1 aliphatic carbocycles. The Kier molecular flexibility index (Phi) is 7.40. The molecule has 0 saturated carbocycles. The molecule has 1 aromatic rings. The summed E-state index contributed by atoms with van der Waals surface area (Å²) in [5.74, 6) is 6.49. The summed E-state index contributed by atoms with van der Waals surface area (Å²) in [4.78, 5) is 12.2. The SMILES string of the molecule is CCCCCCCCC#Cc1ccc(C(=O)C2C=CC=C2)cc1. The number of Topliss-reactive ketones (excluding diaryl/α,β-unsaturated/α-hetero) is 1. The molecule has 0 spiro atoms. The van der Waals surface area contributed by atoms with E-state index in [1.165, 1.54) is 38.5 Å². The van der Waals surface area contributed by atoms with Crippen LogP contribution in [-0.2, 0) is 0 Å². The molecule has 0 aliphatic heterocycles. The van der Waals surface area contributed by atoms with Gasteiger partial charge in [0.05, 0.1) is 5.92 Å². The molecule has 0 saturated heterocycles. The fourth-order valence-corrected chi connectivity index (χ4v) is 2.68. The van der Waals surface area contributed by atoms with E-state index < -0.39 is 0 Å². The third-order valence-corrected chi connectivity index (χ3v) is 4.11.